The highest BCUT2D eigenvalue weighted by Gasteiger charge is 2.22. The van der Waals surface area contributed by atoms with E-state index in [0.717, 1.165) is 6.08 Å². The Bertz CT molecular complexity index is 780. The van der Waals surface area contributed by atoms with Crippen LogP contribution in [0.15, 0.2) is 39.2 Å². The lowest BCUT2D eigenvalue weighted by atomic mass is 10.1. The number of benzene rings is 1. The summed E-state index contributed by atoms with van der Waals surface area (Å²) in [5.74, 6) is -0.231. The molecule has 0 spiro atoms. The molecule has 1 heterocycles. The first kappa shape index (κ1) is 16.8. The lowest BCUT2D eigenvalue weighted by molar-refractivity contribution is -0.384. The van der Waals surface area contributed by atoms with Gasteiger partial charge >= 0.3 is 5.97 Å². The molecule has 2 rings (SSSR count). The third kappa shape index (κ3) is 3.98. The summed E-state index contributed by atoms with van der Waals surface area (Å²) in [4.78, 5) is 21.3. The quantitative estimate of drug-likeness (QED) is 0.458. The highest BCUT2D eigenvalue weighted by Crippen LogP contribution is 2.39. The van der Waals surface area contributed by atoms with E-state index in [9.17, 15) is 14.9 Å². The molecule has 0 unspecified atom stereocenters. The van der Waals surface area contributed by atoms with Gasteiger partial charge in [-0.25, -0.2) is 4.79 Å². The average Bonchev–Trinajstić information content (AvgIpc) is 2.86. The van der Waals surface area contributed by atoms with Crippen molar-refractivity contribution in [3.05, 3.63) is 50.7 Å². The summed E-state index contributed by atoms with van der Waals surface area (Å²) in [5.41, 5.74) is 0.0973. The Hall–Kier alpha value is -2.61. The monoisotopic (exact) mass is 381 g/mol. The molecule has 0 amide bonds. The van der Waals surface area contributed by atoms with E-state index in [1.54, 1.807) is 13.0 Å². The second-order valence-corrected chi connectivity index (χ2v) is 5.22. The fourth-order valence-electron chi connectivity index (χ4n) is 1.92. The lowest BCUT2D eigenvalue weighted by Crippen LogP contribution is -1.95. The van der Waals surface area contributed by atoms with Crippen molar-refractivity contribution in [2.75, 3.05) is 6.61 Å². The van der Waals surface area contributed by atoms with E-state index in [0.29, 0.717) is 16.8 Å². The van der Waals surface area contributed by atoms with Gasteiger partial charge in [0.15, 0.2) is 5.76 Å². The number of nitro groups is 1. The third-order valence-corrected chi connectivity index (χ3v) is 3.41. The lowest BCUT2D eigenvalue weighted by Gasteiger charge is -2.05. The Kier molecular flexibility index (Phi) is 5.17. The fraction of sp³-hybridized carbons (Fsp3) is 0.133. The fourth-order valence-corrected chi connectivity index (χ4v) is 2.44. The molecule has 0 bridgehead atoms. The predicted octanol–water partition coefficient (Wildman–Crippen LogP) is 4.11. The number of hydrogen-bond donors (Lipinski definition) is 1. The molecule has 8 heteroatoms. The first-order valence-electron chi connectivity index (χ1n) is 6.54. The van der Waals surface area contributed by atoms with E-state index in [1.807, 2.05) is 0 Å². The van der Waals surface area contributed by atoms with E-state index in [4.69, 9.17) is 14.3 Å². The van der Waals surface area contributed by atoms with Crippen LogP contribution in [-0.4, -0.2) is 22.6 Å². The highest BCUT2D eigenvalue weighted by atomic mass is 79.9. The first-order valence-corrected chi connectivity index (χ1v) is 7.33. The van der Waals surface area contributed by atoms with Gasteiger partial charge in [0.05, 0.1) is 27.6 Å². The van der Waals surface area contributed by atoms with Crippen molar-refractivity contribution in [3.8, 4) is 17.1 Å². The SMILES string of the molecule is CCOc1ccc(-c2oc(/C=C/C(=O)O)cc2Br)c([N+](=O)[O-])c1. The number of halogens is 1. The zero-order valence-corrected chi connectivity index (χ0v) is 13.6. The third-order valence-electron chi connectivity index (χ3n) is 2.82. The van der Waals surface area contributed by atoms with Gasteiger partial charge in [-0.2, -0.15) is 0 Å². The van der Waals surface area contributed by atoms with Crippen LogP contribution in [0.3, 0.4) is 0 Å². The molecular weight excluding hydrogens is 370 g/mol. The molecular formula is C15H12BrNO6. The number of hydrogen-bond acceptors (Lipinski definition) is 5. The zero-order chi connectivity index (χ0) is 17.0. The van der Waals surface area contributed by atoms with Crippen LogP contribution < -0.4 is 4.74 Å². The van der Waals surface area contributed by atoms with Crippen molar-refractivity contribution in [2.24, 2.45) is 0 Å². The predicted molar refractivity (Wildman–Crippen MR) is 86.3 cm³/mol. The first-order chi connectivity index (χ1) is 10.9. The number of carboxylic acid groups (broad SMARTS) is 1. The van der Waals surface area contributed by atoms with Crippen LogP contribution in [0.5, 0.6) is 5.75 Å². The molecule has 1 aromatic carbocycles. The minimum absolute atomic E-state index is 0.167. The van der Waals surface area contributed by atoms with Gasteiger partial charge in [-0.3, -0.25) is 10.1 Å². The number of carbonyl (C=O) groups is 1. The summed E-state index contributed by atoms with van der Waals surface area (Å²) in [6.07, 6.45) is 2.18. The van der Waals surface area contributed by atoms with Crippen molar-refractivity contribution in [2.45, 2.75) is 6.92 Å². The van der Waals surface area contributed by atoms with Crippen LogP contribution in [0.1, 0.15) is 12.7 Å². The van der Waals surface area contributed by atoms with Crippen molar-refractivity contribution in [3.63, 3.8) is 0 Å². The highest BCUT2D eigenvalue weighted by molar-refractivity contribution is 9.10. The van der Waals surface area contributed by atoms with Gasteiger partial charge < -0.3 is 14.3 Å². The van der Waals surface area contributed by atoms with Crippen LogP contribution in [0.2, 0.25) is 0 Å². The molecule has 0 saturated heterocycles. The number of nitrogens with zero attached hydrogens (tertiary/aromatic N) is 1. The standard InChI is InChI=1S/C15H12BrNO6/c1-2-22-9-3-5-11(13(8-9)17(20)21)15-12(16)7-10(23-15)4-6-14(18)19/h3-8H,2H2,1H3,(H,18,19)/b6-4+. The smallest absolute Gasteiger partial charge is 0.328 e. The molecule has 7 nitrogen and oxygen atoms in total. The molecule has 0 fully saturated rings. The molecule has 0 atom stereocenters. The molecule has 120 valence electrons. The number of ether oxygens (including phenoxy) is 1. The summed E-state index contributed by atoms with van der Waals surface area (Å²) in [5, 5.41) is 19.9. The van der Waals surface area contributed by atoms with Gasteiger partial charge in [0.1, 0.15) is 11.5 Å². The van der Waals surface area contributed by atoms with E-state index in [2.05, 4.69) is 15.9 Å². The van der Waals surface area contributed by atoms with Gasteiger partial charge in [0.25, 0.3) is 5.69 Å². The molecule has 23 heavy (non-hydrogen) atoms. The van der Waals surface area contributed by atoms with Gasteiger partial charge in [0.2, 0.25) is 0 Å². The normalized spacial score (nSPS) is 10.9. The maximum absolute atomic E-state index is 11.3. The van der Waals surface area contributed by atoms with E-state index < -0.39 is 10.9 Å². The molecule has 2 aromatic rings. The van der Waals surface area contributed by atoms with Crippen LogP contribution in [0, 0.1) is 10.1 Å². The van der Waals surface area contributed by atoms with E-state index >= 15 is 0 Å². The van der Waals surface area contributed by atoms with E-state index in [1.165, 1.54) is 24.3 Å². The summed E-state index contributed by atoms with van der Waals surface area (Å²) in [6.45, 7) is 2.18. The Morgan fingerprint density at radius 3 is 2.83 bits per heavy atom. The number of carboxylic acids is 1. The van der Waals surface area contributed by atoms with Crippen LogP contribution in [-0.2, 0) is 4.79 Å². The van der Waals surface area contributed by atoms with E-state index in [-0.39, 0.29) is 22.8 Å². The van der Waals surface area contributed by atoms with Crippen molar-refractivity contribution in [1.29, 1.82) is 0 Å². The summed E-state index contributed by atoms with van der Waals surface area (Å²) in [7, 11) is 0. The summed E-state index contributed by atoms with van der Waals surface area (Å²) in [6, 6.07) is 5.99. The number of furan rings is 1. The summed E-state index contributed by atoms with van der Waals surface area (Å²) >= 11 is 3.26. The molecule has 0 saturated carbocycles. The Balaban J connectivity index is 2.49. The molecule has 0 aliphatic heterocycles. The second-order valence-electron chi connectivity index (χ2n) is 4.37. The Morgan fingerprint density at radius 1 is 1.48 bits per heavy atom. The van der Waals surface area contributed by atoms with Gasteiger partial charge in [-0.1, -0.05) is 0 Å². The molecule has 0 aliphatic rings. The van der Waals surface area contributed by atoms with Gasteiger partial charge in [0, 0.05) is 6.08 Å². The van der Waals surface area contributed by atoms with Gasteiger partial charge in [-0.15, -0.1) is 0 Å². The maximum Gasteiger partial charge on any atom is 0.328 e. The van der Waals surface area contributed by atoms with Crippen LogP contribution >= 0.6 is 15.9 Å². The Labute approximate surface area is 139 Å². The average molecular weight is 382 g/mol. The molecule has 1 aromatic heterocycles. The van der Waals surface area contributed by atoms with Crippen molar-refractivity contribution < 1.29 is 24.0 Å². The van der Waals surface area contributed by atoms with Gasteiger partial charge in [-0.05, 0) is 47.1 Å². The number of aliphatic carboxylic acids is 1. The van der Waals surface area contributed by atoms with Crippen molar-refractivity contribution >= 4 is 33.7 Å². The van der Waals surface area contributed by atoms with Crippen LogP contribution in [0.4, 0.5) is 5.69 Å². The second kappa shape index (κ2) is 7.10. The topological polar surface area (TPSA) is 103 Å². The number of rotatable bonds is 6. The molecule has 0 aliphatic carbocycles. The minimum Gasteiger partial charge on any atom is -0.494 e. The maximum atomic E-state index is 11.3. The minimum atomic E-state index is -1.12. The van der Waals surface area contributed by atoms with Crippen molar-refractivity contribution in [1.82, 2.24) is 0 Å². The number of nitro benzene ring substituents is 1. The Morgan fingerprint density at radius 2 is 2.22 bits per heavy atom. The molecule has 1 N–H and O–H groups in total. The largest absolute Gasteiger partial charge is 0.494 e. The van der Waals surface area contributed by atoms with Crippen LogP contribution in [0.25, 0.3) is 17.4 Å². The summed E-state index contributed by atoms with van der Waals surface area (Å²) < 4.78 is 11.2. The zero-order valence-electron chi connectivity index (χ0n) is 12.0. The molecule has 0 radical (unpaired) electrons.